The topological polar surface area (TPSA) is 83.6 Å². The lowest BCUT2D eigenvalue weighted by Crippen LogP contribution is -2.49. The Bertz CT molecular complexity index is 745. The lowest BCUT2D eigenvalue weighted by Gasteiger charge is -2.43. The molecule has 0 unspecified atom stereocenters. The summed E-state index contributed by atoms with van der Waals surface area (Å²) in [5.74, 6) is -0.316. The molecule has 1 aromatic carbocycles. The van der Waals surface area contributed by atoms with Crippen molar-refractivity contribution in [1.29, 1.82) is 0 Å². The summed E-state index contributed by atoms with van der Waals surface area (Å²) >= 11 is 0. The maximum absolute atomic E-state index is 12.5. The number of aliphatic carboxylic acids is 1. The number of likely N-dealkylation sites (tertiary alicyclic amines) is 1. The Morgan fingerprint density at radius 1 is 1.09 bits per heavy atom. The van der Waals surface area contributed by atoms with Gasteiger partial charge in [-0.2, -0.15) is 0 Å². The molecule has 32 heavy (non-hydrogen) atoms. The molecule has 0 aromatic heterocycles. The molecule has 0 radical (unpaired) electrons. The van der Waals surface area contributed by atoms with Crippen molar-refractivity contribution in [3.63, 3.8) is 0 Å². The Morgan fingerprint density at radius 3 is 2.03 bits per heavy atom. The van der Waals surface area contributed by atoms with Crippen LogP contribution in [0.5, 0.6) is 0 Å². The summed E-state index contributed by atoms with van der Waals surface area (Å²) in [5.41, 5.74) is 6.56. The molecule has 0 bridgehead atoms. The molecule has 1 saturated carbocycles. The van der Waals surface area contributed by atoms with Gasteiger partial charge in [0.2, 0.25) is 5.91 Å². The van der Waals surface area contributed by atoms with Crippen molar-refractivity contribution in [1.82, 2.24) is 4.90 Å². The molecule has 180 valence electrons. The van der Waals surface area contributed by atoms with Gasteiger partial charge in [0.25, 0.3) is 0 Å². The molecule has 1 aromatic rings. The molecule has 1 aliphatic carbocycles. The Kier molecular flexibility index (Phi) is 8.92. The number of benzene rings is 1. The van der Waals surface area contributed by atoms with E-state index in [1.54, 1.807) is 4.90 Å². The highest BCUT2D eigenvalue weighted by Crippen LogP contribution is 2.48. The monoisotopic (exact) mass is 444 g/mol. The first-order chi connectivity index (χ1) is 15.0. The largest absolute Gasteiger partial charge is 0.480 e. The quantitative estimate of drug-likeness (QED) is 0.538. The van der Waals surface area contributed by atoms with Crippen molar-refractivity contribution in [2.24, 2.45) is 22.5 Å². The summed E-state index contributed by atoms with van der Waals surface area (Å²) in [7, 11) is 0. The van der Waals surface area contributed by atoms with Gasteiger partial charge in [-0.1, -0.05) is 71.4 Å². The molecule has 1 heterocycles. The van der Waals surface area contributed by atoms with Gasteiger partial charge in [-0.25, -0.2) is 0 Å². The van der Waals surface area contributed by atoms with E-state index in [-0.39, 0.29) is 11.3 Å². The van der Waals surface area contributed by atoms with Crippen molar-refractivity contribution in [3.8, 4) is 0 Å². The molecule has 0 spiro atoms. The van der Waals surface area contributed by atoms with Gasteiger partial charge in [0.1, 0.15) is 5.41 Å². The van der Waals surface area contributed by atoms with E-state index in [0.717, 1.165) is 25.2 Å². The van der Waals surface area contributed by atoms with Crippen molar-refractivity contribution < 1.29 is 14.7 Å². The zero-order valence-corrected chi connectivity index (χ0v) is 20.8. The van der Waals surface area contributed by atoms with Crippen LogP contribution >= 0.6 is 0 Å². The number of rotatable bonds is 8. The molecule has 1 saturated heterocycles. The minimum absolute atomic E-state index is 0.00667. The zero-order chi connectivity index (χ0) is 24.0. The fourth-order valence-corrected chi connectivity index (χ4v) is 5.09. The zero-order valence-electron chi connectivity index (χ0n) is 20.8. The van der Waals surface area contributed by atoms with Crippen LogP contribution in [-0.4, -0.2) is 41.5 Å². The molecule has 0 atom stereocenters. The summed E-state index contributed by atoms with van der Waals surface area (Å²) in [4.78, 5) is 25.7. The van der Waals surface area contributed by atoms with Crippen molar-refractivity contribution in [2.75, 3.05) is 19.6 Å². The number of nitrogens with two attached hydrogens (primary N) is 1. The summed E-state index contributed by atoms with van der Waals surface area (Å²) in [6, 6.07) is 10.3. The van der Waals surface area contributed by atoms with Crippen LogP contribution in [0.1, 0.15) is 85.1 Å². The third-order valence-corrected chi connectivity index (χ3v) is 7.50. The molecule has 1 aliphatic heterocycles. The van der Waals surface area contributed by atoms with E-state index in [9.17, 15) is 14.7 Å². The highest BCUT2D eigenvalue weighted by Gasteiger charge is 2.59. The van der Waals surface area contributed by atoms with Crippen LogP contribution in [0.15, 0.2) is 30.3 Å². The van der Waals surface area contributed by atoms with Gasteiger partial charge >= 0.3 is 5.97 Å². The van der Waals surface area contributed by atoms with Gasteiger partial charge in [-0.15, -0.1) is 0 Å². The molecular weight excluding hydrogens is 400 g/mol. The first-order valence-corrected chi connectivity index (χ1v) is 12.3. The fourth-order valence-electron chi connectivity index (χ4n) is 5.09. The van der Waals surface area contributed by atoms with E-state index >= 15 is 0 Å². The van der Waals surface area contributed by atoms with E-state index in [1.807, 2.05) is 18.2 Å². The summed E-state index contributed by atoms with van der Waals surface area (Å²) in [5, 5.41) is 9.31. The highest BCUT2D eigenvalue weighted by molar-refractivity contribution is 6.04. The number of piperidine rings is 1. The van der Waals surface area contributed by atoms with Crippen LogP contribution in [0.4, 0.5) is 0 Å². The number of carboxylic acid groups (broad SMARTS) is 1. The Balaban J connectivity index is 0.000000344. The second kappa shape index (κ2) is 10.8. The first kappa shape index (κ1) is 26.4. The molecule has 2 aliphatic rings. The van der Waals surface area contributed by atoms with Gasteiger partial charge in [0, 0.05) is 13.1 Å². The summed E-state index contributed by atoms with van der Waals surface area (Å²) < 4.78 is 0. The number of hydrogen-bond donors (Lipinski definition) is 2. The molecule has 5 heteroatoms. The van der Waals surface area contributed by atoms with Crippen molar-refractivity contribution in [3.05, 3.63) is 35.9 Å². The predicted molar refractivity (Wildman–Crippen MR) is 130 cm³/mol. The first-order valence-electron chi connectivity index (χ1n) is 12.3. The minimum Gasteiger partial charge on any atom is -0.480 e. The van der Waals surface area contributed by atoms with Crippen LogP contribution in [0.3, 0.4) is 0 Å². The smallest absolute Gasteiger partial charge is 0.319 e. The molecule has 2 fully saturated rings. The molecule has 3 rings (SSSR count). The number of amides is 1. The number of nitrogens with zero attached hydrogens (tertiary/aromatic N) is 1. The highest BCUT2D eigenvalue weighted by atomic mass is 16.4. The molecule has 3 N–H and O–H groups in total. The van der Waals surface area contributed by atoms with Crippen LogP contribution < -0.4 is 5.73 Å². The van der Waals surface area contributed by atoms with E-state index in [1.165, 1.54) is 18.4 Å². The van der Waals surface area contributed by atoms with Gasteiger partial charge in [0.05, 0.1) is 0 Å². The summed E-state index contributed by atoms with van der Waals surface area (Å²) in [6.07, 6.45) is 6.18. The van der Waals surface area contributed by atoms with Gasteiger partial charge in [-0.05, 0) is 67.4 Å². The minimum atomic E-state index is -1.12. The second-order valence-electron chi connectivity index (χ2n) is 11.0. The maximum atomic E-state index is 12.5. The Hall–Kier alpha value is -1.88. The lowest BCUT2D eigenvalue weighted by molar-refractivity contribution is -0.154. The van der Waals surface area contributed by atoms with Crippen molar-refractivity contribution in [2.45, 2.75) is 85.0 Å². The van der Waals surface area contributed by atoms with E-state index in [0.29, 0.717) is 37.9 Å². The fraction of sp³-hybridized carbons (Fsp3) is 0.704. The van der Waals surface area contributed by atoms with Crippen LogP contribution in [-0.2, 0) is 15.0 Å². The number of hydrogen-bond acceptors (Lipinski definition) is 3. The van der Waals surface area contributed by atoms with E-state index < -0.39 is 11.4 Å². The van der Waals surface area contributed by atoms with Crippen molar-refractivity contribution >= 4 is 11.9 Å². The van der Waals surface area contributed by atoms with E-state index in [2.05, 4.69) is 46.8 Å². The number of carbonyl (C=O) groups excluding carboxylic acids is 1. The summed E-state index contributed by atoms with van der Waals surface area (Å²) in [6.45, 7) is 13.4. The van der Waals surface area contributed by atoms with Gasteiger partial charge in [0.15, 0.2) is 0 Å². The number of carbonyl (C=O) groups is 2. The maximum Gasteiger partial charge on any atom is 0.319 e. The van der Waals surface area contributed by atoms with Crippen LogP contribution in [0.2, 0.25) is 0 Å². The predicted octanol–water partition coefficient (Wildman–Crippen LogP) is 5.23. The average molecular weight is 445 g/mol. The van der Waals surface area contributed by atoms with E-state index in [4.69, 9.17) is 5.73 Å². The van der Waals surface area contributed by atoms with Crippen LogP contribution in [0, 0.1) is 16.7 Å². The molecule has 5 nitrogen and oxygen atoms in total. The molecular formula is C27H44N2O3. The Morgan fingerprint density at radius 2 is 1.66 bits per heavy atom. The normalized spacial score (nSPS) is 19.2. The second-order valence-corrected chi connectivity index (χ2v) is 11.0. The lowest BCUT2D eigenvalue weighted by atomic mass is 9.70. The van der Waals surface area contributed by atoms with Crippen LogP contribution in [0.25, 0.3) is 0 Å². The Labute approximate surface area is 194 Å². The van der Waals surface area contributed by atoms with Gasteiger partial charge < -0.3 is 15.7 Å². The SMILES string of the molecule is CCC(C)(C)CC(C)C.NCCC1(c2ccccc2)CCN(C(=O)C2(C(=O)O)CC2)CC1. The third kappa shape index (κ3) is 6.34. The third-order valence-electron chi connectivity index (χ3n) is 7.50. The molecule has 1 amide bonds. The van der Waals surface area contributed by atoms with Gasteiger partial charge in [-0.3, -0.25) is 9.59 Å². The average Bonchev–Trinajstić information content (AvgIpc) is 3.57. The number of carboxylic acids is 1. The standard InChI is InChI=1S/C18H24N2O3.C9H20/c19-11-8-17(14-4-2-1-3-5-14)9-12-20(13-10-17)15(21)18(6-7-18)16(22)23;1-6-9(4,5)7-8(2)3/h1-5H,6-13,19H2,(H,22,23);8H,6-7H2,1-5H3.